The van der Waals surface area contributed by atoms with Gasteiger partial charge in [0.05, 0.1) is 32.1 Å². The highest BCUT2D eigenvalue weighted by Gasteiger charge is 2.10. The van der Waals surface area contributed by atoms with Crippen molar-refractivity contribution < 1.29 is 24.5 Å². The van der Waals surface area contributed by atoms with Crippen LogP contribution < -0.4 is 14.9 Å². The Hall–Kier alpha value is -3.03. The zero-order valence-corrected chi connectivity index (χ0v) is 15.5. The number of hydrazone groups is 1. The van der Waals surface area contributed by atoms with Gasteiger partial charge in [-0.25, -0.2) is 5.43 Å². The van der Waals surface area contributed by atoms with Crippen LogP contribution in [0.15, 0.2) is 41.5 Å². The van der Waals surface area contributed by atoms with E-state index in [-0.39, 0.29) is 22.9 Å². The third-order valence-electron chi connectivity index (χ3n) is 3.52. The van der Waals surface area contributed by atoms with Gasteiger partial charge in [-0.3, -0.25) is 4.79 Å². The minimum Gasteiger partial charge on any atom is -0.506 e. The molecule has 0 saturated carbocycles. The van der Waals surface area contributed by atoms with Gasteiger partial charge < -0.3 is 19.7 Å². The Labute approximate surface area is 161 Å². The fourth-order valence-electron chi connectivity index (χ4n) is 2.27. The van der Waals surface area contributed by atoms with Crippen LogP contribution in [0, 0.1) is 0 Å². The smallest absolute Gasteiger partial charge is 0.271 e. The molecule has 0 fully saturated rings. The van der Waals surface area contributed by atoms with Crippen LogP contribution in [0.25, 0.3) is 6.08 Å². The molecule has 3 N–H and O–H groups in total. The number of benzene rings is 2. The second-order valence-electron chi connectivity index (χ2n) is 5.30. The number of aromatic hydroxyl groups is 1. The number of carbonyl (C=O) groups excluding carboxylic acids is 1. The number of nitrogens with zero attached hydrogens (tertiary/aromatic N) is 1. The van der Waals surface area contributed by atoms with Crippen molar-refractivity contribution in [2.45, 2.75) is 0 Å². The second kappa shape index (κ2) is 9.61. The van der Waals surface area contributed by atoms with Crippen LogP contribution in [0.2, 0.25) is 5.02 Å². The molecule has 1 amide bonds. The highest BCUT2D eigenvalue weighted by molar-refractivity contribution is 6.32. The average Bonchev–Trinajstić information content (AvgIpc) is 2.67. The SMILES string of the molecule is COc1cc(/C=N/NC(=O)c2ccc(O)c(Cl)c2)cc(/C=C/CO)c1OC. The van der Waals surface area contributed by atoms with Crippen molar-refractivity contribution in [2.24, 2.45) is 5.10 Å². The van der Waals surface area contributed by atoms with Gasteiger partial charge in [0, 0.05) is 11.1 Å². The summed E-state index contributed by atoms with van der Waals surface area (Å²) in [5.41, 5.74) is 3.97. The molecule has 8 heteroatoms. The monoisotopic (exact) mass is 390 g/mol. The van der Waals surface area contributed by atoms with Crippen LogP contribution in [0.5, 0.6) is 17.2 Å². The normalized spacial score (nSPS) is 11.1. The molecule has 0 saturated heterocycles. The molecule has 0 atom stereocenters. The first kappa shape index (κ1) is 20.3. The maximum absolute atomic E-state index is 12.1. The number of halogens is 1. The molecule has 7 nitrogen and oxygen atoms in total. The standard InChI is InChI=1S/C19H19ClN2O5/c1-26-17-9-12(8-13(4-3-7-23)18(17)27-2)11-21-22-19(25)14-5-6-16(24)15(20)10-14/h3-6,8-11,23-24H,7H2,1-2H3,(H,22,25)/b4-3+,21-11+. The summed E-state index contributed by atoms with van der Waals surface area (Å²) in [6.45, 7) is -0.116. The van der Waals surface area contributed by atoms with Crippen LogP contribution in [0.4, 0.5) is 0 Å². The van der Waals surface area contributed by atoms with E-state index in [0.717, 1.165) is 0 Å². The number of phenols is 1. The Morgan fingerprint density at radius 3 is 2.67 bits per heavy atom. The lowest BCUT2D eigenvalue weighted by Gasteiger charge is -2.11. The molecule has 0 aliphatic heterocycles. The quantitative estimate of drug-likeness (QED) is 0.498. The van der Waals surface area contributed by atoms with E-state index in [1.807, 2.05) is 0 Å². The lowest BCUT2D eigenvalue weighted by Crippen LogP contribution is -2.17. The van der Waals surface area contributed by atoms with Crippen LogP contribution in [-0.2, 0) is 0 Å². The number of aliphatic hydroxyl groups is 1. The van der Waals surface area contributed by atoms with E-state index in [1.54, 1.807) is 24.3 Å². The molecular weight excluding hydrogens is 372 g/mol. The van der Waals surface area contributed by atoms with E-state index in [1.165, 1.54) is 38.6 Å². The maximum Gasteiger partial charge on any atom is 0.271 e. The van der Waals surface area contributed by atoms with Crippen molar-refractivity contribution in [3.8, 4) is 17.2 Å². The summed E-state index contributed by atoms with van der Waals surface area (Å²) in [5.74, 6) is 0.414. The lowest BCUT2D eigenvalue weighted by molar-refractivity contribution is 0.0955. The number of hydrogen-bond donors (Lipinski definition) is 3. The van der Waals surface area contributed by atoms with Crippen LogP contribution in [-0.4, -0.2) is 43.2 Å². The number of aliphatic hydroxyl groups excluding tert-OH is 1. The number of phenolic OH excluding ortho intramolecular Hbond substituents is 1. The van der Waals surface area contributed by atoms with Crippen LogP contribution in [0.3, 0.4) is 0 Å². The summed E-state index contributed by atoms with van der Waals surface area (Å²) in [4.78, 5) is 12.1. The molecule has 2 aromatic carbocycles. The lowest BCUT2D eigenvalue weighted by atomic mass is 10.1. The predicted octanol–water partition coefficient (Wildman–Crippen LogP) is 2.83. The number of carbonyl (C=O) groups is 1. The molecule has 0 aromatic heterocycles. The Kier molecular flexibility index (Phi) is 7.22. The van der Waals surface area contributed by atoms with E-state index in [0.29, 0.717) is 22.6 Å². The first-order valence-corrected chi connectivity index (χ1v) is 8.23. The van der Waals surface area contributed by atoms with E-state index >= 15 is 0 Å². The molecule has 0 aliphatic carbocycles. The van der Waals surface area contributed by atoms with Crippen molar-refractivity contribution in [2.75, 3.05) is 20.8 Å². The summed E-state index contributed by atoms with van der Waals surface area (Å²) < 4.78 is 10.6. The zero-order chi connectivity index (χ0) is 19.8. The third kappa shape index (κ3) is 5.22. The molecule has 0 heterocycles. The molecule has 0 bridgehead atoms. The van der Waals surface area contributed by atoms with Crippen molar-refractivity contribution in [3.63, 3.8) is 0 Å². The molecule has 0 aliphatic rings. The highest BCUT2D eigenvalue weighted by atomic mass is 35.5. The van der Waals surface area contributed by atoms with Gasteiger partial charge in [-0.2, -0.15) is 5.10 Å². The van der Waals surface area contributed by atoms with Gasteiger partial charge in [0.1, 0.15) is 5.75 Å². The summed E-state index contributed by atoms with van der Waals surface area (Å²) in [7, 11) is 3.03. The number of ether oxygens (including phenoxy) is 2. The number of nitrogens with one attached hydrogen (secondary N) is 1. The fraction of sp³-hybridized carbons (Fsp3) is 0.158. The van der Waals surface area contributed by atoms with E-state index in [4.69, 9.17) is 26.2 Å². The molecule has 2 aromatic rings. The van der Waals surface area contributed by atoms with Gasteiger partial charge in [0.25, 0.3) is 5.91 Å². The second-order valence-corrected chi connectivity index (χ2v) is 5.70. The summed E-state index contributed by atoms with van der Waals surface area (Å²) in [6.07, 6.45) is 4.70. The highest BCUT2D eigenvalue weighted by Crippen LogP contribution is 2.33. The van der Waals surface area contributed by atoms with Gasteiger partial charge in [0.15, 0.2) is 11.5 Å². The number of hydrogen-bond acceptors (Lipinski definition) is 6. The van der Waals surface area contributed by atoms with Gasteiger partial charge in [-0.05, 0) is 35.9 Å². The van der Waals surface area contributed by atoms with Gasteiger partial charge in [0.2, 0.25) is 0 Å². The largest absolute Gasteiger partial charge is 0.506 e. The molecular formula is C19H19ClN2O5. The number of amides is 1. The van der Waals surface area contributed by atoms with E-state index in [9.17, 15) is 9.90 Å². The minimum atomic E-state index is -0.478. The molecule has 0 unspecified atom stereocenters. The van der Waals surface area contributed by atoms with Crippen molar-refractivity contribution in [3.05, 3.63) is 58.1 Å². The molecule has 2 rings (SSSR count). The fourth-order valence-corrected chi connectivity index (χ4v) is 2.45. The first-order chi connectivity index (χ1) is 13.0. The van der Waals surface area contributed by atoms with Crippen molar-refractivity contribution in [1.29, 1.82) is 0 Å². The Morgan fingerprint density at radius 2 is 2.04 bits per heavy atom. The zero-order valence-electron chi connectivity index (χ0n) is 14.8. The van der Waals surface area contributed by atoms with Crippen molar-refractivity contribution >= 4 is 29.8 Å². The van der Waals surface area contributed by atoms with Crippen LogP contribution in [0.1, 0.15) is 21.5 Å². The maximum atomic E-state index is 12.1. The molecule has 142 valence electrons. The minimum absolute atomic E-state index is 0.0758. The van der Waals surface area contributed by atoms with Gasteiger partial charge in [-0.15, -0.1) is 0 Å². The Morgan fingerprint density at radius 1 is 1.26 bits per heavy atom. The topological polar surface area (TPSA) is 100 Å². The Balaban J connectivity index is 2.21. The number of rotatable bonds is 7. The third-order valence-corrected chi connectivity index (χ3v) is 3.83. The molecule has 27 heavy (non-hydrogen) atoms. The van der Waals surface area contributed by atoms with E-state index < -0.39 is 5.91 Å². The Bertz CT molecular complexity index is 881. The predicted molar refractivity (Wildman–Crippen MR) is 104 cm³/mol. The molecule has 0 spiro atoms. The van der Waals surface area contributed by atoms with Gasteiger partial charge in [-0.1, -0.05) is 23.8 Å². The van der Waals surface area contributed by atoms with Crippen LogP contribution >= 0.6 is 11.6 Å². The average molecular weight is 391 g/mol. The van der Waals surface area contributed by atoms with E-state index in [2.05, 4.69) is 10.5 Å². The first-order valence-electron chi connectivity index (χ1n) is 7.85. The summed E-state index contributed by atoms with van der Waals surface area (Å²) >= 11 is 5.79. The number of methoxy groups -OCH3 is 2. The van der Waals surface area contributed by atoms with Crippen molar-refractivity contribution in [1.82, 2.24) is 5.43 Å². The summed E-state index contributed by atoms with van der Waals surface area (Å²) in [5, 5.41) is 22.4. The molecule has 0 radical (unpaired) electrons. The summed E-state index contributed by atoms with van der Waals surface area (Å²) in [6, 6.07) is 7.56. The van der Waals surface area contributed by atoms with Gasteiger partial charge >= 0.3 is 0 Å².